The van der Waals surface area contributed by atoms with Gasteiger partial charge in [0.05, 0.1) is 25.2 Å². The van der Waals surface area contributed by atoms with Crippen LogP contribution in [0.3, 0.4) is 0 Å². The largest absolute Gasteiger partial charge is 0.455 e. The second-order valence-electron chi connectivity index (χ2n) is 11.1. The van der Waals surface area contributed by atoms with Crippen molar-refractivity contribution in [3.05, 3.63) is 60.2 Å². The van der Waals surface area contributed by atoms with Gasteiger partial charge in [0.25, 0.3) is 0 Å². The predicted molar refractivity (Wildman–Crippen MR) is 149 cm³/mol. The summed E-state index contributed by atoms with van der Waals surface area (Å²) < 4.78 is 12.4. The molecule has 41 heavy (non-hydrogen) atoms. The Kier molecular flexibility index (Phi) is 8.89. The Hall–Kier alpha value is -3.50. The molecular formula is C31H39N3O7. The number of cyclic esters (lactones) is 1. The quantitative estimate of drug-likeness (QED) is 0.294. The van der Waals surface area contributed by atoms with Crippen LogP contribution < -0.4 is 5.32 Å². The van der Waals surface area contributed by atoms with Crippen LogP contribution in [0.1, 0.15) is 50.7 Å². The van der Waals surface area contributed by atoms with Crippen LogP contribution in [0, 0.1) is 11.8 Å². The van der Waals surface area contributed by atoms with Crippen molar-refractivity contribution in [3.8, 4) is 0 Å². The van der Waals surface area contributed by atoms with Crippen molar-refractivity contribution in [1.29, 1.82) is 0 Å². The molecule has 4 heterocycles. The summed E-state index contributed by atoms with van der Waals surface area (Å²) in [5.74, 6) is -3.39. The number of hydrogen-bond acceptors (Lipinski definition) is 7. The van der Waals surface area contributed by atoms with Crippen LogP contribution >= 0.6 is 0 Å². The fraction of sp³-hybridized carbons (Fsp3) is 0.548. The number of carbonyl (C=O) groups is 4. The molecule has 2 N–H and O–H groups in total. The van der Waals surface area contributed by atoms with Crippen LogP contribution in [0.15, 0.2) is 54.6 Å². The summed E-state index contributed by atoms with van der Waals surface area (Å²) in [5.41, 5.74) is -0.613. The number of amides is 3. The first kappa shape index (κ1) is 29.0. The molecule has 10 heteroatoms. The van der Waals surface area contributed by atoms with Crippen molar-refractivity contribution in [1.82, 2.24) is 15.1 Å². The van der Waals surface area contributed by atoms with Crippen LogP contribution in [0.2, 0.25) is 0 Å². The average Bonchev–Trinajstić information content (AvgIpc) is 3.61. The highest BCUT2D eigenvalue weighted by atomic mass is 16.6. The molecule has 5 bridgehead atoms. The maximum atomic E-state index is 14.2. The predicted octanol–water partition coefficient (Wildman–Crippen LogP) is 1.90. The Labute approximate surface area is 240 Å². The van der Waals surface area contributed by atoms with Crippen LogP contribution in [0.4, 0.5) is 0 Å². The van der Waals surface area contributed by atoms with Gasteiger partial charge in [-0.05, 0) is 18.4 Å². The summed E-state index contributed by atoms with van der Waals surface area (Å²) in [5, 5.41) is 12.7. The third kappa shape index (κ3) is 5.55. The molecule has 4 aliphatic heterocycles. The molecule has 3 amide bonds. The molecule has 0 unspecified atom stereocenters. The second-order valence-corrected chi connectivity index (χ2v) is 11.1. The highest BCUT2D eigenvalue weighted by Gasteiger charge is 2.73. The molecule has 0 radical (unpaired) electrons. The number of allylic oxidation sites excluding steroid dienone is 1. The Balaban J connectivity index is 1.52. The van der Waals surface area contributed by atoms with E-state index in [0.29, 0.717) is 25.1 Å². The minimum absolute atomic E-state index is 0.0472. The molecule has 1 aromatic rings. The number of benzene rings is 1. The highest BCUT2D eigenvalue weighted by Crippen LogP contribution is 2.55. The van der Waals surface area contributed by atoms with Gasteiger partial charge >= 0.3 is 5.97 Å². The molecule has 5 rings (SSSR count). The second kappa shape index (κ2) is 12.6. The number of unbranched alkanes of at least 4 members (excludes halogenated alkanes) is 2. The number of hydrogen-bond donors (Lipinski definition) is 2. The number of ether oxygens (including phenoxy) is 2. The number of aliphatic hydroxyl groups is 1. The number of aliphatic hydroxyl groups excluding tert-OH is 1. The van der Waals surface area contributed by atoms with Crippen LogP contribution in [-0.2, 0) is 28.7 Å². The lowest BCUT2D eigenvalue weighted by molar-refractivity contribution is -0.159. The number of rotatable bonds is 7. The maximum absolute atomic E-state index is 14.2. The Morgan fingerprint density at radius 1 is 1.05 bits per heavy atom. The minimum atomic E-state index is -1.32. The van der Waals surface area contributed by atoms with Crippen molar-refractivity contribution < 1.29 is 33.8 Å². The Bertz CT molecular complexity index is 1200. The SMILES string of the molecule is CCCCCN1C/C=C\CCC(=O)NC[C@H](c2ccccc2)OC(=O)[C@@H]2[C@H]3C(=O)N(CCO)[C@H](C1=O)[C@]31C=C[C@H]2O1. The van der Waals surface area contributed by atoms with Gasteiger partial charge in [-0.25, -0.2) is 0 Å². The van der Waals surface area contributed by atoms with Gasteiger partial charge < -0.3 is 29.7 Å². The highest BCUT2D eigenvalue weighted by molar-refractivity contribution is 5.99. The lowest BCUT2D eigenvalue weighted by Gasteiger charge is -2.35. The first-order chi connectivity index (χ1) is 19.9. The number of esters is 1. The molecule has 220 valence electrons. The molecule has 10 nitrogen and oxygen atoms in total. The molecule has 2 saturated heterocycles. The number of likely N-dealkylation sites (tertiary alicyclic amines) is 1. The molecule has 2 fully saturated rings. The summed E-state index contributed by atoms with van der Waals surface area (Å²) in [4.78, 5) is 57.7. The minimum Gasteiger partial charge on any atom is -0.455 e. The lowest BCUT2D eigenvalue weighted by atomic mass is 9.74. The summed E-state index contributed by atoms with van der Waals surface area (Å²) in [6.07, 6.45) is 9.24. The molecule has 0 aliphatic carbocycles. The van der Waals surface area contributed by atoms with E-state index in [1.54, 1.807) is 17.1 Å². The van der Waals surface area contributed by atoms with Crippen LogP contribution in [0.25, 0.3) is 0 Å². The summed E-state index contributed by atoms with van der Waals surface area (Å²) >= 11 is 0. The average molecular weight is 566 g/mol. The van der Waals surface area contributed by atoms with E-state index in [0.717, 1.165) is 19.3 Å². The lowest BCUT2D eigenvalue weighted by Crippen LogP contribution is -2.56. The van der Waals surface area contributed by atoms with E-state index in [1.165, 1.54) is 4.90 Å². The monoisotopic (exact) mass is 565 g/mol. The molecule has 0 aromatic heterocycles. The van der Waals surface area contributed by atoms with Gasteiger partial charge in [-0.3, -0.25) is 19.2 Å². The smallest absolute Gasteiger partial charge is 0.313 e. The van der Waals surface area contributed by atoms with Gasteiger partial charge in [0.1, 0.15) is 23.7 Å². The topological polar surface area (TPSA) is 125 Å². The number of nitrogens with one attached hydrogen (secondary N) is 1. The van der Waals surface area contributed by atoms with Crippen molar-refractivity contribution in [2.45, 2.75) is 62.9 Å². The molecule has 1 aromatic carbocycles. The summed E-state index contributed by atoms with van der Waals surface area (Å²) in [6.45, 7) is 2.60. The van der Waals surface area contributed by atoms with E-state index in [9.17, 15) is 24.3 Å². The van der Waals surface area contributed by atoms with Crippen LogP contribution in [-0.4, -0.2) is 89.1 Å². The van der Waals surface area contributed by atoms with E-state index >= 15 is 0 Å². The molecule has 0 saturated carbocycles. The van der Waals surface area contributed by atoms with E-state index in [4.69, 9.17) is 9.47 Å². The fourth-order valence-corrected chi connectivity index (χ4v) is 6.53. The van der Waals surface area contributed by atoms with Gasteiger partial charge in [-0.2, -0.15) is 0 Å². The van der Waals surface area contributed by atoms with E-state index in [-0.39, 0.29) is 37.9 Å². The van der Waals surface area contributed by atoms with Gasteiger partial charge in [0.15, 0.2) is 0 Å². The van der Waals surface area contributed by atoms with Crippen molar-refractivity contribution >= 4 is 23.7 Å². The first-order valence-corrected chi connectivity index (χ1v) is 14.7. The normalized spacial score (nSPS) is 32.7. The van der Waals surface area contributed by atoms with Gasteiger partial charge in [-0.15, -0.1) is 0 Å². The van der Waals surface area contributed by atoms with E-state index in [2.05, 4.69) is 12.2 Å². The molecular weight excluding hydrogens is 526 g/mol. The zero-order valence-corrected chi connectivity index (χ0v) is 23.4. The van der Waals surface area contributed by atoms with Crippen LogP contribution in [0.5, 0.6) is 0 Å². The van der Waals surface area contributed by atoms with Gasteiger partial charge in [0.2, 0.25) is 17.7 Å². The maximum Gasteiger partial charge on any atom is 0.313 e. The fourth-order valence-electron chi connectivity index (χ4n) is 6.53. The number of fused-ring (bicyclic) bond motifs is 2. The molecule has 6 atom stereocenters. The van der Waals surface area contributed by atoms with E-state index in [1.807, 2.05) is 42.5 Å². The van der Waals surface area contributed by atoms with Crippen molar-refractivity contribution in [3.63, 3.8) is 0 Å². The van der Waals surface area contributed by atoms with Gasteiger partial charge in [-0.1, -0.05) is 74.4 Å². The Morgan fingerprint density at radius 2 is 1.85 bits per heavy atom. The summed E-state index contributed by atoms with van der Waals surface area (Å²) in [7, 11) is 0. The zero-order chi connectivity index (χ0) is 29.0. The van der Waals surface area contributed by atoms with Crippen molar-refractivity contribution in [2.24, 2.45) is 11.8 Å². The first-order valence-electron chi connectivity index (χ1n) is 14.7. The third-order valence-corrected chi connectivity index (χ3v) is 8.51. The van der Waals surface area contributed by atoms with Gasteiger partial charge in [0, 0.05) is 26.1 Å². The molecule has 4 aliphatic rings. The number of carbonyl (C=O) groups excluding carboxylic acids is 4. The van der Waals surface area contributed by atoms with E-state index < -0.39 is 47.6 Å². The number of nitrogens with zero attached hydrogens (tertiary/aromatic N) is 2. The number of β-amino-alcohol motifs (C(OH)–C–C–N with tert-alkyl or cyclic N) is 1. The van der Waals surface area contributed by atoms with Crippen molar-refractivity contribution in [2.75, 3.05) is 32.8 Å². The Morgan fingerprint density at radius 3 is 2.61 bits per heavy atom. The summed E-state index contributed by atoms with van der Waals surface area (Å²) in [6, 6.07) is 8.13. The molecule has 1 spiro atoms. The third-order valence-electron chi connectivity index (χ3n) is 8.51. The zero-order valence-electron chi connectivity index (χ0n) is 23.4. The standard InChI is InChI=1S/C31H39N3O7/c1-2-3-9-16-33-17-10-5-8-13-24(36)32-20-23(21-11-6-4-7-12-21)40-30(39)25-22-14-15-31(41-22)26(25)28(37)34(18-19-35)27(31)29(33)38/h4-7,10-12,14-15,22-23,25-27,35H,2-3,8-9,13,16-20H2,1H3,(H,32,36)/b10-5-/t22-,23-,25+,26+,27-,31+/m1/s1.